The second-order valence-electron chi connectivity index (χ2n) is 2.51. The predicted molar refractivity (Wildman–Crippen MR) is 30.7 cm³/mol. The Morgan fingerprint density at radius 2 is 1.88 bits per heavy atom. The number of aliphatic hydroxyl groups excluding tert-OH is 1. The molecular formula is C5H13NO2. The molecule has 0 amide bonds. The Labute approximate surface area is 49.3 Å². The van der Waals surface area contributed by atoms with Crippen LogP contribution in [0.3, 0.4) is 0 Å². The van der Waals surface area contributed by atoms with Gasteiger partial charge in [-0.25, -0.2) is 0 Å². The average Bonchev–Trinajstić information content (AvgIpc) is 1.67. The predicted octanol–water partition coefficient (Wildman–Crippen LogP) is 0.125. The Morgan fingerprint density at radius 3 is 1.88 bits per heavy atom. The Kier molecular flexibility index (Phi) is 2.40. The molecule has 0 aliphatic rings. The topological polar surface area (TPSA) is 52.5 Å². The van der Waals surface area contributed by atoms with Gasteiger partial charge in [-0.15, -0.1) is 0 Å². The molecule has 0 fully saturated rings. The third-order valence-corrected chi connectivity index (χ3v) is 1.33. The molecule has 0 aromatic rings. The van der Waals surface area contributed by atoms with E-state index in [1.807, 2.05) is 5.48 Å². The highest BCUT2D eigenvalue weighted by Crippen LogP contribution is 2.05. The van der Waals surface area contributed by atoms with Gasteiger partial charge in [-0.3, -0.25) is 0 Å². The maximum absolute atomic E-state index is 8.86. The van der Waals surface area contributed by atoms with Crippen molar-refractivity contribution in [1.29, 1.82) is 0 Å². The minimum absolute atomic E-state index is 0.549. The van der Waals surface area contributed by atoms with E-state index < -0.39 is 11.6 Å². The Balaban J connectivity index is 3.71. The van der Waals surface area contributed by atoms with E-state index >= 15 is 0 Å². The lowest BCUT2D eigenvalue weighted by Crippen LogP contribution is -2.46. The molecule has 0 spiro atoms. The third-order valence-electron chi connectivity index (χ3n) is 1.33. The summed E-state index contributed by atoms with van der Waals surface area (Å²) in [7, 11) is 0. The Bertz CT molecular complexity index is 70.8. The fourth-order valence-electron chi connectivity index (χ4n) is 0.0934. The van der Waals surface area contributed by atoms with E-state index in [9.17, 15) is 0 Å². The van der Waals surface area contributed by atoms with Crippen LogP contribution in [-0.4, -0.2) is 22.0 Å². The number of rotatable bonds is 2. The van der Waals surface area contributed by atoms with Crippen LogP contribution in [0.1, 0.15) is 20.8 Å². The first kappa shape index (κ1) is 7.88. The number of hydroxylamine groups is 1. The standard InChI is InChI=1S/C5H13NO2/c1-4(7)5(2,3)6-8/h4,6-8H,1-3H3. The molecule has 0 heterocycles. The van der Waals surface area contributed by atoms with Gasteiger partial charge in [-0.2, -0.15) is 5.48 Å². The molecule has 50 valence electrons. The normalized spacial score (nSPS) is 16.1. The van der Waals surface area contributed by atoms with Crippen LogP contribution in [0.15, 0.2) is 0 Å². The highest BCUT2D eigenvalue weighted by Gasteiger charge is 2.21. The highest BCUT2D eigenvalue weighted by atomic mass is 16.5. The summed E-state index contributed by atoms with van der Waals surface area (Å²) >= 11 is 0. The quantitative estimate of drug-likeness (QED) is 0.453. The van der Waals surface area contributed by atoms with E-state index in [0.717, 1.165) is 0 Å². The molecule has 3 N–H and O–H groups in total. The van der Waals surface area contributed by atoms with Crippen molar-refractivity contribution in [2.45, 2.75) is 32.4 Å². The summed E-state index contributed by atoms with van der Waals surface area (Å²) in [4.78, 5) is 0. The number of aliphatic hydroxyl groups is 1. The van der Waals surface area contributed by atoms with E-state index in [1.54, 1.807) is 20.8 Å². The van der Waals surface area contributed by atoms with E-state index in [2.05, 4.69) is 0 Å². The van der Waals surface area contributed by atoms with Gasteiger partial charge in [0.25, 0.3) is 0 Å². The molecule has 0 radical (unpaired) electrons. The van der Waals surface area contributed by atoms with Crippen LogP contribution in [-0.2, 0) is 0 Å². The monoisotopic (exact) mass is 119 g/mol. The van der Waals surface area contributed by atoms with Crippen LogP contribution < -0.4 is 5.48 Å². The van der Waals surface area contributed by atoms with Crippen LogP contribution >= 0.6 is 0 Å². The largest absolute Gasteiger partial charge is 0.391 e. The second-order valence-corrected chi connectivity index (χ2v) is 2.51. The molecule has 3 nitrogen and oxygen atoms in total. The Hall–Kier alpha value is -0.120. The molecule has 0 saturated carbocycles. The van der Waals surface area contributed by atoms with Gasteiger partial charge in [0.1, 0.15) is 0 Å². The summed E-state index contributed by atoms with van der Waals surface area (Å²) in [6.07, 6.45) is -0.549. The molecular weight excluding hydrogens is 106 g/mol. The number of hydrogen-bond acceptors (Lipinski definition) is 3. The lowest BCUT2D eigenvalue weighted by Gasteiger charge is -2.25. The van der Waals surface area contributed by atoms with Gasteiger partial charge in [-0.05, 0) is 20.8 Å². The molecule has 0 aromatic heterocycles. The van der Waals surface area contributed by atoms with Crippen molar-refractivity contribution in [1.82, 2.24) is 5.48 Å². The van der Waals surface area contributed by atoms with Crippen molar-refractivity contribution < 1.29 is 10.3 Å². The summed E-state index contributed by atoms with van der Waals surface area (Å²) in [5.74, 6) is 0. The number of nitrogens with one attached hydrogen (secondary N) is 1. The molecule has 1 atom stereocenters. The number of hydrogen-bond donors (Lipinski definition) is 3. The van der Waals surface area contributed by atoms with Gasteiger partial charge < -0.3 is 10.3 Å². The molecule has 0 aliphatic heterocycles. The third kappa shape index (κ3) is 1.78. The molecule has 8 heavy (non-hydrogen) atoms. The fourth-order valence-corrected chi connectivity index (χ4v) is 0.0934. The van der Waals surface area contributed by atoms with Crippen LogP contribution in [0.25, 0.3) is 0 Å². The van der Waals surface area contributed by atoms with E-state index in [1.165, 1.54) is 0 Å². The molecule has 1 unspecified atom stereocenters. The molecule has 0 aliphatic carbocycles. The zero-order chi connectivity index (χ0) is 6.78. The van der Waals surface area contributed by atoms with Crippen LogP contribution in [0.2, 0.25) is 0 Å². The van der Waals surface area contributed by atoms with Crippen molar-refractivity contribution in [3.63, 3.8) is 0 Å². The second kappa shape index (κ2) is 2.44. The summed E-state index contributed by atoms with van der Waals surface area (Å²) in [6, 6.07) is 0. The summed E-state index contributed by atoms with van der Waals surface area (Å²) in [5.41, 5.74) is 1.39. The molecule has 3 heteroatoms. The van der Waals surface area contributed by atoms with Crippen LogP contribution in [0, 0.1) is 0 Å². The van der Waals surface area contributed by atoms with Crippen molar-refractivity contribution >= 4 is 0 Å². The first-order chi connectivity index (χ1) is 3.50. The molecule has 0 rings (SSSR count). The fraction of sp³-hybridized carbons (Fsp3) is 1.00. The van der Waals surface area contributed by atoms with Gasteiger partial charge >= 0.3 is 0 Å². The molecule has 0 saturated heterocycles. The summed E-state index contributed by atoms with van der Waals surface area (Å²) in [6.45, 7) is 5.03. The van der Waals surface area contributed by atoms with Crippen LogP contribution in [0.5, 0.6) is 0 Å². The van der Waals surface area contributed by atoms with E-state index in [0.29, 0.717) is 0 Å². The van der Waals surface area contributed by atoms with Gasteiger partial charge in [0.05, 0.1) is 11.6 Å². The maximum Gasteiger partial charge on any atom is 0.0710 e. The molecule has 0 bridgehead atoms. The van der Waals surface area contributed by atoms with Crippen molar-refractivity contribution in [3.8, 4) is 0 Å². The zero-order valence-electron chi connectivity index (χ0n) is 5.47. The highest BCUT2D eigenvalue weighted by molar-refractivity contribution is 4.78. The lowest BCUT2D eigenvalue weighted by molar-refractivity contribution is 0.0000109. The first-order valence-electron chi connectivity index (χ1n) is 2.60. The van der Waals surface area contributed by atoms with Crippen molar-refractivity contribution in [2.75, 3.05) is 0 Å². The molecule has 0 aromatic carbocycles. The van der Waals surface area contributed by atoms with E-state index in [4.69, 9.17) is 10.3 Å². The smallest absolute Gasteiger partial charge is 0.0710 e. The van der Waals surface area contributed by atoms with Crippen molar-refractivity contribution in [2.24, 2.45) is 0 Å². The van der Waals surface area contributed by atoms with Gasteiger partial charge in [0.2, 0.25) is 0 Å². The minimum Gasteiger partial charge on any atom is -0.391 e. The average molecular weight is 119 g/mol. The first-order valence-corrected chi connectivity index (χ1v) is 2.60. The summed E-state index contributed by atoms with van der Waals surface area (Å²) < 4.78 is 0. The van der Waals surface area contributed by atoms with Crippen molar-refractivity contribution in [3.05, 3.63) is 0 Å². The summed E-state index contributed by atoms with van der Waals surface area (Å²) in [5, 5.41) is 17.2. The van der Waals surface area contributed by atoms with E-state index in [-0.39, 0.29) is 0 Å². The van der Waals surface area contributed by atoms with Gasteiger partial charge in [0.15, 0.2) is 0 Å². The lowest BCUT2D eigenvalue weighted by atomic mass is 10.0. The van der Waals surface area contributed by atoms with Crippen LogP contribution in [0.4, 0.5) is 0 Å². The minimum atomic E-state index is -0.597. The SMILES string of the molecule is CC(O)C(C)(C)NO. The maximum atomic E-state index is 8.86. The van der Waals surface area contributed by atoms with Gasteiger partial charge in [0, 0.05) is 0 Å². The van der Waals surface area contributed by atoms with Gasteiger partial charge in [-0.1, -0.05) is 0 Å². The Morgan fingerprint density at radius 1 is 1.50 bits per heavy atom. The zero-order valence-corrected chi connectivity index (χ0v) is 5.47.